The van der Waals surface area contributed by atoms with E-state index in [1.807, 2.05) is 13.8 Å². The Morgan fingerprint density at radius 3 is 2.73 bits per heavy atom. The van der Waals surface area contributed by atoms with Gasteiger partial charge in [0.2, 0.25) is 5.78 Å². The summed E-state index contributed by atoms with van der Waals surface area (Å²) in [7, 11) is 0. The van der Waals surface area contributed by atoms with E-state index < -0.39 is 0 Å². The largest absolute Gasteiger partial charge is 0.342 e. The minimum atomic E-state index is -0.167. The predicted octanol–water partition coefficient (Wildman–Crippen LogP) is 0.577. The lowest BCUT2D eigenvalue weighted by Gasteiger charge is -1.86. The SMILES string of the molecule is CC.NCC(=O)c1ncc[nH]1. The van der Waals surface area contributed by atoms with Crippen molar-refractivity contribution in [1.82, 2.24) is 9.97 Å². The van der Waals surface area contributed by atoms with Crippen LogP contribution in [0.2, 0.25) is 0 Å². The van der Waals surface area contributed by atoms with Crippen LogP contribution in [0, 0.1) is 0 Å². The highest BCUT2D eigenvalue weighted by Gasteiger charge is 2.02. The van der Waals surface area contributed by atoms with Crippen molar-refractivity contribution in [2.75, 3.05) is 6.54 Å². The predicted molar refractivity (Wildman–Crippen MR) is 43.3 cm³/mol. The van der Waals surface area contributed by atoms with Gasteiger partial charge in [0.1, 0.15) is 0 Å². The van der Waals surface area contributed by atoms with Crippen molar-refractivity contribution in [3.05, 3.63) is 18.2 Å². The lowest BCUT2D eigenvalue weighted by molar-refractivity contribution is 0.0992. The number of nitrogens with zero attached hydrogens (tertiary/aromatic N) is 1. The van der Waals surface area contributed by atoms with Crippen molar-refractivity contribution in [2.45, 2.75) is 13.8 Å². The van der Waals surface area contributed by atoms with Crippen LogP contribution in [-0.2, 0) is 0 Å². The van der Waals surface area contributed by atoms with Gasteiger partial charge in [0.15, 0.2) is 5.82 Å². The van der Waals surface area contributed by atoms with Crippen LogP contribution in [0.15, 0.2) is 12.4 Å². The van der Waals surface area contributed by atoms with E-state index in [0.29, 0.717) is 5.82 Å². The number of Topliss-reactive ketones (excluding diaryl/α,β-unsaturated/α-hetero) is 1. The fourth-order valence-electron chi connectivity index (χ4n) is 0.514. The van der Waals surface area contributed by atoms with Gasteiger partial charge in [-0.1, -0.05) is 13.8 Å². The fourth-order valence-corrected chi connectivity index (χ4v) is 0.514. The summed E-state index contributed by atoms with van der Waals surface area (Å²) in [5.41, 5.74) is 5.05. The summed E-state index contributed by atoms with van der Waals surface area (Å²) in [4.78, 5) is 17.0. The smallest absolute Gasteiger partial charge is 0.211 e. The number of ketones is 1. The van der Waals surface area contributed by atoms with Crippen molar-refractivity contribution >= 4 is 5.78 Å². The summed E-state index contributed by atoms with van der Waals surface area (Å²) < 4.78 is 0. The molecule has 1 rings (SSSR count). The number of nitrogens with two attached hydrogens (primary N) is 1. The van der Waals surface area contributed by atoms with Gasteiger partial charge in [0.25, 0.3) is 0 Å². The number of carbonyl (C=O) groups excluding carboxylic acids is 1. The molecule has 0 aliphatic heterocycles. The van der Waals surface area contributed by atoms with Crippen LogP contribution in [-0.4, -0.2) is 22.3 Å². The molecule has 3 N–H and O–H groups in total. The molecule has 1 aromatic heterocycles. The first-order chi connectivity index (χ1) is 5.34. The van der Waals surface area contributed by atoms with E-state index in [1.54, 1.807) is 6.20 Å². The number of hydrogen-bond acceptors (Lipinski definition) is 3. The van der Waals surface area contributed by atoms with Gasteiger partial charge in [0.05, 0.1) is 6.54 Å². The molecule has 0 saturated heterocycles. The summed E-state index contributed by atoms with van der Waals surface area (Å²) in [5, 5.41) is 0. The molecule has 0 saturated carbocycles. The van der Waals surface area contributed by atoms with E-state index >= 15 is 0 Å². The van der Waals surface area contributed by atoms with E-state index in [4.69, 9.17) is 5.73 Å². The number of hydrogen-bond donors (Lipinski definition) is 2. The van der Waals surface area contributed by atoms with Gasteiger partial charge < -0.3 is 10.7 Å². The van der Waals surface area contributed by atoms with Gasteiger partial charge in [-0.25, -0.2) is 4.98 Å². The molecule has 4 heteroatoms. The number of nitrogens with one attached hydrogen (secondary N) is 1. The molecule has 0 amide bonds. The zero-order valence-electron chi connectivity index (χ0n) is 6.79. The summed E-state index contributed by atoms with van der Waals surface area (Å²) in [6.45, 7) is 4.01. The fraction of sp³-hybridized carbons (Fsp3) is 0.429. The number of carbonyl (C=O) groups is 1. The standard InChI is InChI=1S/C5H7N3O.C2H6/c6-3-4(9)5-7-1-2-8-5;1-2/h1-2H,3,6H2,(H,7,8);1-2H3. The van der Waals surface area contributed by atoms with Crippen molar-refractivity contribution in [3.8, 4) is 0 Å². The van der Waals surface area contributed by atoms with Crippen molar-refractivity contribution < 1.29 is 4.79 Å². The first-order valence-electron chi connectivity index (χ1n) is 3.57. The van der Waals surface area contributed by atoms with Crippen LogP contribution in [0.25, 0.3) is 0 Å². The molecular weight excluding hydrogens is 142 g/mol. The average Bonchev–Trinajstić information content (AvgIpc) is 2.59. The molecule has 0 aromatic carbocycles. The first kappa shape index (κ1) is 9.84. The Hall–Kier alpha value is -1.16. The molecule has 0 unspecified atom stereocenters. The van der Waals surface area contributed by atoms with Gasteiger partial charge in [-0.05, 0) is 0 Å². The van der Waals surface area contributed by atoms with Gasteiger partial charge in [-0.2, -0.15) is 0 Å². The molecule has 0 atom stereocenters. The summed E-state index contributed by atoms with van der Waals surface area (Å²) >= 11 is 0. The molecule has 11 heavy (non-hydrogen) atoms. The average molecular weight is 155 g/mol. The topological polar surface area (TPSA) is 71.8 Å². The molecule has 62 valence electrons. The number of H-pyrrole nitrogens is 1. The summed E-state index contributed by atoms with van der Waals surface area (Å²) in [6, 6.07) is 0. The molecule has 0 fully saturated rings. The zero-order chi connectivity index (χ0) is 8.69. The van der Waals surface area contributed by atoms with E-state index in [0.717, 1.165) is 0 Å². The normalized spacial score (nSPS) is 8.27. The lowest BCUT2D eigenvalue weighted by atomic mass is 10.4. The van der Waals surface area contributed by atoms with Gasteiger partial charge in [-0.15, -0.1) is 0 Å². The second-order valence-electron chi connectivity index (χ2n) is 1.57. The number of rotatable bonds is 2. The highest BCUT2D eigenvalue weighted by molar-refractivity contribution is 5.93. The first-order valence-corrected chi connectivity index (χ1v) is 3.57. The third-order valence-electron chi connectivity index (χ3n) is 0.948. The van der Waals surface area contributed by atoms with E-state index in [2.05, 4.69) is 9.97 Å². The molecule has 0 radical (unpaired) electrons. The van der Waals surface area contributed by atoms with Gasteiger partial charge in [0, 0.05) is 12.4 Å². The third-order valence-corrected chi connectivity index (χ3v) is 0.948. The molecule has 0 spiro atoms. The maximum Gasteiger partial charge on any atom is 0.211 e. The maximum absolute atomic E-state index is 10.7. The third kappa shape index (κ3) is 2.95. The lowest BCUT2D eigenvalue weighted by Crippen LogP contribution is -2.14. The molecule has 4 nitrogen and oxygen atoms in total. The van der Waals surface area contributed by atoms with Crippen molar-refractivity contribution in [2.24, 2.45) is 5.73 Å². The minimum absolute atomic E-state index is 0.00745. The Bertz CT molecular complexity index is 193. The van der Waals surface area contributed by atoms with Crippen molar-refractivity contribution in [1.29, 1.82) is 0 Å². The Morgan fingerprint density at radius 1 is 1.73 bits per heavy atom. The molecular formula is C7H13N3O. The zero-order valence-corrected chi connectivity index (χ0v) is 6.79. The minimum Gasteiger partial charge on any atom is -0.342 e. The van der Waals surface area contributed by atoms with Crippen LogP contribution in [0.5, 0.6) is 0 Å². The number of aromatic nitrogens is 2. The van der Waals surface area contributed by atoms with E-state index in [1.165, 1.54) is 6.20 Å². The second kappa shape index (κ2) is 5.61. The highest BCUT2D eigenvalue weighted by Crippen LogP contribution is 1.86. The van der Waals surface area contributed by atoms with Crippen LogP contribution >= 0.6 is 0 Å². The van der Waals surface area contributed by atoms with Crippen LogP contribution < -0.4 is 5.73 Å². The monoisotopic (exact) mass is 155 g/mol. The van der Waals surface area contributed by atoms with Crippen LogP contribution in [0.3, 0.4) is 0 Å². The number of aromatic amines is 1. The van der Waals surface area contributed by atoms with E-state index in [9.17, 15) is 4.79 Å². The quantitative estimate of drug-likeness (QED) is 0.613. The van der Waals surface area contributed by atoms with Gasteiger partial charge in [-0.3, -0.25) is 4.79 Å². The van der Waals surface area contributed by atoms with Crippen molar-refractivity contribution in [3.63, 3.8) is 0 Å². The Morgan fingerprint density at radius 2 is 2.36 bits per heavy atom. The van der Waals surface area contributed by atoms with Crippen LogP contribution in [0.1, 0.15) is 24.5 Å². The van der Waals surface area contributed by atoms with Gasteiger partial charge >= 0.3 is 0 Å². The molecule has 0 aliphatic carbocycles. The summed E-state index contributed by atoms with van der Waals surface area (Å²) in [6.07, 6.45) is 3.10. The summed E-state index contributed by atoms with van der Waals surface area (Å²) in [5.74, 6) is 0.164. The Balaban J connectivity index is 0.000000461. The number of imidazole rings is 1. The van der Waals surface area contributed by atoms with E-state index in [-0.39, 0.29) is 12.3 Å². The maximum atomic E-state index is 10.7. The molecule has 0 aliphatic rings. The second-order valence-corrected chi connectivity index (χ2v) is 1.57. The molecule has 1 heterocycles. The Labute approximate surface area is 65.8 Å². The highest BCUT2D eigenvalue weighted by atomic mass is 16.1. The van der Waals surface area contributed by atoms with Crippen LogP contribution in [0.4, 0.5) is 0 Å². The Kier molecular flexibility index (Phi) is 5.02. The molecule has 0 bridgehead atoms. The molecule has 1 aromatic rings.